The number of pyridine rings is 2. The molecule has 15 heteroatoms. The van der Waals surface area contributed by atoms with E-state index in [1.165, 1.54) is 16.5 Å². The van der Waals surface area contributed by atoms with Gasteiger partial charge in [0.15, 0.2) is 0 Å². The van der Waals surface area contributed by atoms with Crippen LogP contribution < -0.4 is 20.9 Å². The first-order chi connectivity index (χ1) is 55.7. The molecule has 3 N–H and O–H groups in total. The van der Waals surface area contributed by atoms with Crippen molar-refractivity contribution < 1.29 is 0 Å². The smallest absolute Gasteiger partial charge is 0.145 e. The van der Waals surface area contributed by atoms with Crippen LogP contribution >= 0.6 is 34.8 Å². The Morgan fingerprint density at radius 1 is 0.319 bits per heavy atom. The largest absolute Gasteiger partial charge is 0.399 e. The molecule has 0 atom stereocenters. The molecule has 20 rings (SSSR count). The number of rotatable bonds is 16. The summed E-state index contributed by atoms with van der Waals surface area (Å²) >= 11 is 20.5. The number of hydrogen-bond donors (Lipinski definition) is 2. The first-order valence-corrected chi connectivity index (χ1v) is 38.4. The maximum Gasteiger partial charge on any atom is 0.145 e. The Morgan fingerprint density at radius 2 is 0.726 bits per heavy atom. The molecule has 113 heavy (non-hydrogen) atoms. The van der Waals surface area contributed by atoms with E-state index in [2.05, 4.69) is 268 Å². The van der Waals surface area contributed by atoms with Gasteiger partial charge in [0.2, 0.25) is 0 Å². The summed E-state index contributed by atoms with van der Waals surface area (Å²) in [6.45, 7) is 1.29. The third kappa shape index (κ3) is 14.2. The normalized spacial score (nSPS) is 11.2. The molecule has 0 radical (unpaired) electrons. The number of halogens is 3. The number of nitrogen functional groups attached to an aromatic ring is 1. The van der Waals surface area contributed by atoms with Crippen LogP contribution in [0.1, 0.15) is 11.1 Å². The fourth-order valence-electron chi connectivity index (χ4n) is 15.0. The molecule has 0 spiro atoms. The minimum atomic E-state index is 0.533. The summed E-state index contributed by atoms with van der Waals surface area (Å²) in [5, 5.41) is 10.0. The van der Waals surface area contributed by atoms with Crippen molar-refractivity contribution in [3.63, 3.8) is 0 Å². The number of fused-ring (bicyclic) bond motifs is 8. The lowest BCUT2D eigenvalue weighted by Gasteiger charge is -2.27. The van der Waals surface area contributed by atoms with E-state index >= 15 is 0 Å². The fraction of sp³-hybridized carbons (Fsp3) is 0.0204. The number of nitrogens with zero attached hydrogens (tertiary/aromatic N) is 10. The molecule has 0 aliphatic heterocycles. The Hall–Kier alpha value is -14.0. The second-order valence-corrected chi connectivity index (χ2v) is 28.5. The highest BCUT2D eigenvalue weighted by molar-refractivity contribution is 6.43. The lowest BCUT2D eigenvalue weighted by molar-refractivity contribution is 0.975. The molecule has 0 aliphatic carbocycles. The van der Waals surface area contributed by atoms with Gasteiger partial charge in [-0.25, -0.2) is 19.9 Å². The summed E-state index contributed by atoms with van der Waals surface area (Å²) in [6, 6.07) is 128. The van der Waals surface area contributed by atoms with Crippen molar-refractivity contribution in [3.8, 4) is 45.8 Å². The van der Waals surface area contributed by atoms with Gasteiger partial charge in [0.1, 0.15) is 23.3 Å². The predicted molar refractivity (Wildman–Crippen MR) is 470 cm³/mol. The highest BCUT2D eigenvalue weighted by atomic mass is 35.5. The first-order valence-electron chi connectivity index (χ1n) is 37.3. The third-order valence-corrected chi connectivity index (χ3v) is 21.5. The molecular weight excluding hydrogens is 1450 g/mol. The summed E-state index contributed by atoms with van der Waals surface area (Å²) in [5.41, 5.74) is 27.3. The lowest BCUT2D eigenvalue weighted by Crippen LogP contribution is -2.17. The Balaban J connectivity index is 0.000000133. The van der Waals surface area contributed by atoms with E-state index in [-0.39, 0.29) is 0 Å². The molecule has 12 nitrogen and oxygen atoms in total. The Morgan fingerprint density at radius 3 is 1.21 bits per heavy atom. The van der Waals surface area contributed by atoms with E-state index in [1.54, 1.807) is 0 Å². The van der Waals surface area contributed by atoms with Crippen LogP contribution in [0.3, 0.4) is 0 Å². The van der Waals surface area contributed by atoms with Gasteiger partial charge >= 0.3 is 0 Å². The molecule has 6 aromatic heterocycles. The topological polar surface area (TPSA) is 116 Å². The van der Waals surface area contributed by atoms with Gasteiger partial charge in [-0.3, -0.25) is 18.3 Å². The number of para-hydroxylation sites is 8. The summed E-state index contributed by atoms with van der Waals surface area (Å²) in [4.78, 5) is 23.7. The monoisotopic (exact) mass is 1520 g/mol. The molecular formula is C98H71Cl3N12. The number of imidazole rings is 2. The highest BCUT2D eigenvalue weighted by Crippen LogP contribution is 2.44. The standard InChI is InChI=1S/C49H35ClN6.C32H23Cl2N3.C17H13N3/c50-48-42(52-36-27-30-44-40(32-36)39-18-7-9-21-43(39)56(44)47-24-11-12-31-51-47)20-13-23-46(48)54(33-34-14-3-1-4-15-34)37-28-25-35(26-29-37)49-53-41-19-8-10-22-45(41)55(49)38-16-5-2-6-17-38;33-27-14-9-17-30(31(27)34)36(22-23-10-3-1-4-11-23)25-20-18-24(19-21-25)32-35-28-15-7-8-16-29(28)37(32)26-12-5-2-6-13-26;18-12-8-9-16-14(11-12)13-5-1-2-6-15(13)20(16)17-7-3-4-10-19-17/h1-32,52H,33H2;1-21H,22H2;1-11H,18H2. The van der Waals surface area contributed by atoms with Crippen molar-refractivity contribution in [1.82, 2.24) is 38.2 Å². The number of aromatic nitrogens is 8. The van der Waals surface area contributed by atoms with Crippen LogP contribution in [0.2, 0.25) is 15.1 Å². The number of nitrogens with two attached hydrogens (primary N) is 1. The minimum Gasteiger partial charge on any atom is -0.399 e. The molecule has 0 saturated heterocycles. The van der Waals surface area contributed by atoms with E-state index in [0.29, 0.717) is 28.2 Å². The summed E-state index contributed by atoms with van der Waals surface area (Å²) < 4.78 is 8.82. The molecule has 544 valence electrons. The van der Waals surface area contributed by atoms with Gasteiger partial charge in [0, 0.05) is 92.3 Å². The molecule has 14 aromatic carbocycles. The van der Waals surface area contributed by atoms with Crippen LogP contribution in [-0.4, -0.2) is 38.2 Å². The maximum atomic E-state index is 7.40. The van der Waals surface area contributed by atoms with E-state index in [1.807, 2.05) is 164 Å². The number of nitrogens with one attached hydrogen (secondary N) is 1. The van der Waals surface area contributed by atoms with Gasteiger partial charge in [-0.15, -0.1) is 0 Å². The molecule has 6 heterocycles. The predicted octanol–water partition coefficient (Wildman–Crippen LogP) is 26.0. The second kappa shape index (κ2) is 31.5. The van der Waals surface area contributed by atoms with Gasteiger partial charge in [-0.05, 0) is 205 Å². The summed E-state index contributed by atoms with van der Waals surface area (Å²) in [6.07, 6.45) is 3.65. The Bertz CT molecular complexity index is 6760. The van der Waals surface area contributed by atoms with Gasteiger partial charge in [0.25, 0.3) is 0 Å². The van der Waals surface area contributed by atoms with Gasteiger partial charge in [0.05, 0.1) is 76.3 Å². The average Bonchev–Trinajstić information content (AvgIpc) is 1.59. The third-order valence-electron chi connectivity index (χ3n) is 20.3. The first kappa shape index (κ1) is 70.7. The minimum absolute atomic E-state index is 0.533. The van der Waals surface area contributed by atoms with Crippen LogP contribution in [0.15, 0.2) is 389 Å². The molecule has 0 unspecified atom stereocenters. The van der Waals surface area contributed by atoms with Crippen molar-refractivity contribution in [2.24, 2.45) is 0 Å². The highest BCUT2D eigenvalue weighted by Gasteiger charge is 2.23. The fourth-order valence-corrected chi connectivity index (χ4v) is 15.7. The average molecular weight is 1520 g/mol. The molecule has 0 bridgehead atoms. The zero-order chi connectivity index (χ0) is 76.1. The van der Waals surface area contributed by atoms with E-state index in [4.69, 9.17) is 50.5 Å². The molecule has 0 amide bonds. The molecule has 20 aromatic rings. The summed E-state index contributed by atoms with van der Waals surface area (Å²) in [5.74, 6) is 3.59. The quantitative estimate of drug-likeness (QED) is 0.0919. The number of hydrogen-bond acceptors (Lipinski definition) is 8. The molecule has 0 fully saturated rings. The zero-order valence-corrected chi connectivity index (χ0v) is 63.3. The SMILES string of the molecule is Clc1c(Nc2ccc3c(c2)c2ccccc2n3-c2ccccn2)cccc1N(Cc1ccccc1)c1ccc(-c2nc3ccccc3n2-c2ccccc2)cc1.Clc1cccc(N(Cc2ccccc2)c2ccc(-c3nc4ccccc4n3-c3ccccc3)cc2)c1Cl.Nc1ccc2c(c1)c1ccccc1n2-c1ccccn1. The van der Waals surface area contributed by atoms with Gasteiger partial charge in [-0.1, -0.05) is 217 Å². The van der Waals surface area contributed by atoms with E-state index < -0.39 is 0 Å². The van der Waals surface area contributed by atoms with Crippen LogP contribution in [0.4, 0.5) is 39.8 Å². The molecule has 0 saturated carbocycles. The van der Waals surface area contributed by atoms with Gasteiger partial charge < -0.3 is 20.9 Å². The van der Waals surface area contributed by atoms with Crippen molar-refractivity contribution in [2.45, 2.75) is 13.1 Å². The van der Waals surface area contributed by atoms with E-state index in [9.17, 15) is 0 Å². The lowest BCUT2D eigenvalue weighted by atomic mass is 10.1. The van der Waals surface area contributed by atoms with Crippen LogP contribution in [0.5, 0.6) is 0 Å². The van der Waals surface area contributed by atoms with E-state index in [0.717, 1.165) is 146 Å². The van der Waals surface area contributed by atoms with Crippen molar-refractivity contribution in [3.05, 3.63) is 415 Å². The van der Waals surface area contributed by atoms with Crippen molar-refractivity contribution >= 4 is 140 Å². The Labute approximate surface area is 668 Å². The maximum absolute atomic E-state index is 7.40. The van der Waals surface area contributed by atoms with Gasteiger partial charge in [-0.2, -0.15) is 0 Å². The van der Waals surface area contributed by atoms with Crippen molar-refractivity contribution in [1.29, 1.82) is 0 Å². The van der Waals surface area contributed by atoms with Crippen LogP contribution in [0.25, 0.3) is 111 Å². The number of benzene rings is 14. The van der Waals surface area contributed by atoms with Crippen molar-refractivity contribution in [2.75, 3.05) is 20.9 Å². The second-order valence-electron chi connectivity index (χ2n) is 27.4. The summed E-state index contributed by atoms with van der Waals surface area (Å²) in [7, 11) is 0. The number of anilines is 7. The zero-order valence-electron chi connectivity index (χ0n) is 61.0. The Kier molecular flexibility index (Phi) is 19.7. The van der Waals surface area contributed by atoms with Crippen LogP contribution in [0, 0.1) is 0 Å². The van der Waals surface area contributed by atoms with Crippen LogP contribution in [-0.2, 0) is 13.1 Å². The molecule has 0 aliphatic rings.